The van der Waals surface area contributed by atoms with Crippen molar-refractivity contribution in [3.8, 4) is 0 Å². The Labute approximate surface area is 208 Å². The van der Waals surface area contributed by atoms with Gasteiger partial charge in [0, 0.05) is 25.9 Å². The number of benzene rings is 3. The second-order valence-electron chi connectivity index (χ2n) is 8.98. The third kappa shape index (κ3) is 8.36. The highest BCUT2D eigenvalue weighted by atomic mass is 19.1. The molecule has 184 valence electrons. The van der Waals surface area contributed by atoms with Crippen molar-refractivity contribution < 1.29 is 14.0 Å². The van der Waals surface area contributed by atoms with Gasteiger partial charge < -0.3 is 10.2 Å². The van der Waals surface area contributed by atoms with Crippen LogP contribution in [0, 0.1) is 12.7 Å². The van der Waals surface area contributed by atoms with Crippen molar-refractivity contribution in [3.63, 3.8) is 0 Å². The molecule has 0 aliphatic rings. The Hall–Kier alpha value is -3.47. The van der Waals surface area contributed by atoms with Crippen LogP contribution >= 0.6 is 0 Å². The van der Waals surface area contributed by atoms with Gasteiger partial charge in [-0.05, 0) is 48.6 Å². The van der Waals surface area contributed by atoms with Gasteiger partial charge >= 0.3 is 0 Å². The van der Waals surface area contributed by atoms with Crippen LogP contribution in [0.2, 0.25) is 0 Å². The van der Waals surface area contributed by atoms with Crippen LogP contribution in [-0.4, -0.2) is 29.3 Å². The Kier molecular flexibility index (Phi) is 10.0. The molecular formula is C30H35FN2O2. The van der Waals surface area contributed by atoms with E-state index in [9.17, 15) is 14.0 Å². The van der Waals surface area contributed by atoms with E-state index in [2.05, 4.69) is 12.2 Å². The zero-order chi connectivity index (χ0) is 25.0. The van der Waals surface area contributed by atoms with Gasteiger partial charge in [-0.2, -0.15) is 0 Å². The highest BCUT2D eigenvalue weighted by Gasteiger charge is 2.30. The van der Waals surface area contributed by atoms with Crippen LogP contribution < -0.4 is 5.32 Å². The average Bonchev–Trinajstić information content (AvgIpc) is 2.87. The van der Waals surface area contributed by atoms with Gasteiger partial charge in [0.25, 0.3) is 0 Å². The van der Waals surface area contributed by atoms with Gasteiger partial charge in [-0.3, -0.25) is 9.59 Å². The number of unbranched alkanes of at least 4 members (excludes halogenated alkanes) is 1. The van der Waals surface area contributed by atoms with Gasteiger partial charge in [-0.25, -0.2) is 4.39 Å². The molecule has 0 saturated heterocycles. The molecule has 35 heavy (non-hydrogen) atoms. The topological polar surface area (TPSA) is 49.4 Å². The molecule has 0 radical (unpaired) electrons. The van der Waals surface area contributed by atoms with Crippen LogP contribution in [0.15, 0.2) is 78.9 Å². The van der Waals surface area contributed by atoms with E-state index in [-0.39, 0.29) is 30.6 Å². The molecular weight excluding hydrogens is 439 g/mol. The minimum Gasteiger partial charge on any atom is -0.354 e. The van der Waals surface area contributed by atoms with Crippen molar-refractivity contribution in [2.45, 2.75) is 58.5 Å². The summed E-state index contributed by atoms with van der Waals surface area (Å²) in [6, 6.07) is 23.3. The van der Waals surface area contributed by atoms with Crippen LogP contribution in [-0.2, 0) is 29.0 Å². The second-order valence-corrected chi connectivity index (χ2v) is 8.98. The molecule has 1 unspecified atom stereocenters. The molecule has 0 saturated carbocycles. The molecule has 4 nitrogen and oxygen atoms in total. The first-order valence-corrected chi connectivity index (χ1v) is 12.4. The number of amides is 2. The predicted molar refractivity (Wildman–Crippen MR) is 138 cm³/mol. The molecule has 0 bridgehead atoms. The molecule has 0 spiro atoms. The fourth-order valence-electron chi connectivity index (χ4n) is 4.00. The van der Waals surface area contributed by atoms with Crippen molar-refractivity contribution >= 4 is 11.8 Å². The van der Waals surface area contributed by atoms with Gasteiger partial charge in [0.1, 0.15) is 11.9 Å². The van der Waals surface area contributed by atoms with Crippen molar-refractivity contribution in [2.75, 3.05) is 6.54 Å². The number of nitrogens with one attached hydrogen (secondary N) is 1. The molecule has 1 atom stereocenters. The summed E-state index contributed by atoms with van der Waals surface area (Å²) in [6.07, 6.45) is 3.14. The van der Waals surface area contributed by atoms with E-state index < -0.39 is 6.04 Å². The maximum atomic E-state index is 13.6. The van der Waals surface area contributed by atoms with E-state index in [4.69, 9.17) is 0 Å². The summed E-state index contributed by atoms with van der Waals surface area (Å²) >= 11 is 0. The highest BCUT2D eigenvalue weighted by Crippen LogP contribution is 2.17. The summed E-state index contributed by atoms with van der Waals surface area (Å²) < 4.78 is 13.5. The fourth-order valence-corrected chi connectivity index (χ4v) is 4.00. The van der Waals surface area contributed by atoms with E-state index >= 15 is 0 Å². The smallest absolute Gasteiger partial charge is 0.243 e. The highest BCUT2D eigenvalue weighted by molar-refractivity contribution is 5.88. The summed E-state index contributed by atoms with van der Waals surface area (Å²) in [7, 11) is 0. The van der Waals surface area contributed by atoms with Crippen molar-refractivity contribution in [1.82, 2.24) is 10.2 Å². The lowest BCUT2D eigenvalue weighted by molar-refractivity contribution is -0.141. The first-order valence-electron chi connectivity index (χ1n) is 12.4. The minimum absolute atomic E-state index is 0.0959. The molecule has 0 aromatic heterocycles. The summed E-state index contributed by atoms with van der Waals surface area (Å²) in [5.41, 5.74) is 4.02. The Balaban J connectivity index is 1.86. The van der Waals surface area contributed by atoms with E-state index in [1.54, 1.807) is 17.0 Å². The van der Waals surface area contributed by atoms with Crippen LogP contribution in [0.4, 0.5) is 4.39 Å². The molecule has 3 aromatic rings. The molecule has 2 amide bonds. The van der Waals surface area contributed by atoms with E-state index in [0.29, 0.717) is 19.4 Å². The fraction of sp³-hybridized carbons (Fsp3) is 0.333. The number of aryl methyl sites for hydroxylation is 2. The lowest BCUT2D eigenvalue weighted by Crippen LogP contribution is -2.50. The molecule has 0 heterocycles. The number of carbonyl (C=O) groups is 2. The lowest BCUT2D eigenvalue weighted by atomic mass is 10.0. The molecule has 5 heteroatoms. The third-order valence-corrected chi connectivity index (χ3v) is 6.11. The Bertz CT molecular complexity index is 1070. The average molecular weight is 475 g/mol. The number of hydrogen-bond acceptors (Lipinski definition) is 2. The van der Waals surface area contributed by atoms with Gasteiger partial charge in [0.05, 0.1) is 0 Å². The van der Waals surface area contributed by atoms with Crippen LogP contribution in [0.25, 0.3) is 0 Å². The van der Waals surface area contributed by atoms with Crippen LogP contribution in [0.1, 0.15) is 48.4 Å². The summed E-state index contributed by atoms with van der Waals surface area (Å²) in [4.78, 5) is 28.6. The predicted octanol–water partition coefficient (Wildman–Crippen LogP) is 5.62. The maximum Gasteiger partial charge on any atom is 0.243 e. The zero-order valence-corrected chi connectivity index (χ0v) is 20.7. The van der Waals surface area contributed by atoms with Crippen molar-refractivity contribution in [3.05, 3.63) is 107 Å². The Morgan fingerprint density at radius 3 is 2.20 bits per heavy atom. The zero-order valence-electron chi connectivity index (χ0n) is 20.7. The van der Waals surface area contributed by atoms with Crippen LogP contribution in [0.3, 0.4) is 0 Å². The molecule has 3 rings (SSSR count). The number of rotatable bonds is 12. The normalized spacial score (nSPS) is 11.6. The molecule has 0 aliphatic carbocycles. The minimum atomic E-state index is -0.662. The number of hydrogen-bond donors (Lipinski definition) is 1. The summed E-state index contributed by atoms with van der Waals surface area (Å²) in [5, 5.41) is 3.02. The quantitative estimate of drug-likeness (QED) is 0.346. The molecule has 1 N–H and O–H groups in total. The van der Waals surface area contributed by atoms with E-state index in [0.717, 1.165) is 29.5 Å². The summed E-state index contributed by atoms with van der Waals surface area (Å²) in [5.74, 6) is -0.585. The Morgan fingerprint density at radius 2 is 1.54 bits per heavy atom. The largest absolute Gasteiger partial charge is 0.354 e. The first kappa shape index (κ1) is 26.1. The van der Waals surface area contributed by atoms with Crippen molar-refractivity contribution in [1.29, 1.82) is 0 Å². The number of halogens is 1. The second kappa shape index (κ2) is 13.4. The van der Waals surface area contributed by atoms with E-state index in [1.165, 1.54) is 17.7 Å². The molecule has 0 aliphatic heterocycles. The van der Waals surface area contributed by atoms with E-state index in [1.807, 2.05) is 61.5 Å². The summed E-state index contributed by atoms with van der Waals surface area (Å²) in [6.45, 7) is 4.92. The standard InChI is InChI=1S/C30H35FN2O2/c1-3-4-20-32-30(35)28(21-25-8-6-5-7-9-25)33(22-26-14-17-27(31)18-15-26)29(34)19-16-24-12-10-23(2)11-13-24/h5-15,17-18,28H,3-4,16,19-22H2,1-2H3,(H,32,35). The SMILES string of the molecule is CCCCNC(=O)C(Cc1ccccc1)N(Cc1ccc(F)cc1)C(=O)CCc1ccc(C)cc1. The van der Waals surface area contributed by atoms with Gasteiger partial charge in [-0.1, -0.05) is 85.6 Å². The van der Waals surface area contributed by atoms with Gasteiger partial charge in [0.15, 0.2) is 0 Å². The number of carbonyl (C=O) groups excluding carboxylic acids is 2. The molecule has 3 aromatic carbocycles. The monoisotopic (exact) mass is 474 g/mol. The van der Waals surface area contributed by atoms with Crippen molar-refractivity contribution in [2.24, 2.45) is 0 Å². The maximum absolute atomic E-state index is 13.6. The molecule has 0 fully saturated rings. The third-order valence-electron chi connectivity index (χ3n) is 6.11. The number of nitrogens with zero attached hydrogens (tertiary/aromatic N) is 1. The Morgan fingerprint density at radius 1 is 0.886 bits per heavy atom. The first-order chi connectivity index (χ1) is 17.0. The van der Waals surface area contributed by atoms with Gasteiger partial charge in [-0.15, -0.1) is 0 Å². The van der Waals surface area contributed by atoms with Crippen LogP contribution in [0.5, 0.6) is 0 Å². The van der Waals surface area contributed by atoms with Gasteiger partial charge in [0.2, 0.25) is 11.8 Å². The lowest BCUT2D eigenvalue weighted by Gasteiger charge is -2.31.